The molecule has 2 aromatic rings. The Balaban J connectivity index is 2.36. The molecular formula is C14H17BO2Si. The largest absolute Gasteiger partial charge is 0.488 e. The van der Waals surface area contributed by atoms with Crippen LogP contribution in [0.2, 0.25) is 13.1 Å². The molecule has 92 valence electrons. The first-order valence-corrected chi connectivity index (χ1v) is 9.04. The molecule has 18 heavy (non-hydrogen) atoms. The summed E-state index contributed by atoms with van der Waals surface area (Å²) in [6.45, 7) is 4.60. The molecule has 4 heteroatoms. The van der Waals surface area contributed by atoms with Crippen LogP contribution < -0.4 is 15.8 Å². The molecule has 0 heterocycles. The number of hydrogen-bond donors (Lipinski definition) is 2. The fraction of sp³-hybridized carbons (Fsp3) is 0.143. The Morgan fingerprint density at radius 1 is 0.778 bits per heavy atom. The minimum absolute atomic E-state index is 0.539. The second-order valence-corrected chi connectivity index (χ2v) is 9.39. The molecule has 0 bridgehead atoms. The summed E-state index contributed by atoms with van der Waals surface area (Å²) in [6.07, 6.45) is 0. The summed E-state index contributed by atoms with van der Waals surface area (Å²) >= 11 is 0. The highest BCUT2D eigenvalue weighted by Gasteiger charge is 2.25. The van der Waals surface area contributed by atoms with E-state index in [9.17, 15) is 0 Å². The molecule has 2 nitrogen and oxygen atoms in total. The van der Waals surface area contributed by atoms with Crippen LogP contribution >= 0.6 is 0 Å². The van der Waals surface area contributed by atoms with Crippen molar-refractivity contribution in [3.8, 4) is 0 Å². The van der Waals surface area contributed by atoms with Crippen molar-refractivity contribution in [3.63, 3.8) is 0 Å². The Hall–Kier alpha value is -1.36. The van der Waals surface area contributed by atoms with E-state index in [1.54, 1.807) is 12.1 Å². The highest BCUT2D eigenvalue weighted by atomic mass is 28.3. The van der Waals surface area contributed by atoms with Crippen LogP contribution in [0.4, 0.5) is 0 Å². The number of hydrogen-bond acceptors (Lipinski definition) is 2. The van der Waals surface area contributed by atoms with Crippen LogP contribution in [0.3, 0.4) is 0 Å². The Morgan fingerprint density at radius 3 is 1.78 bits per heavy atom. The van der Waals surface area contributed by atoms with Gasteiger partial charge in [0.25, 0.3) is 0 Å². The molecule has 0 atom stereocenters. The zero-order chi connectivity index (χ0) is 13.2. The monoisotopic (exact) mass is 256 g/mol. The van der Waals surface area contributed by atoms with E-state index in [0.29, 0.717) is 5.46 Å². The summed E-state index contributed by atoms with van der Waals surface area (Å²) in [5.41, 5.74) is 0.539. The summed E-state index contributed by atoms with van der Waals surface area (Å²) in [4.78, 5) is 0. The standard InChI is InChI=1S/C14H17BO2Si/c1-18(2,13-6-4-3-5-7-13)14-10-8-12(9-11-14)15(16)17/h3-11,16-17H,1-2H3. The van der Waals surface area contributed by atoms with Crippen molar-refractivity contribution in [2.75, 3.05) is 0 Å². The summed E-state index contributed by atoms with van der Waals surface area (Å²) in [7, 11) is -3.06. The zero-order valence-electron chi connectivity index (χ0n) is 10.7. The molecule has 0 aliphatic heterocycles. The molecule has 0 unspecified atom stereocenters. The van der Waals surface area contributed by atoms with Gasteiger partial charge in [0.2, 0.25) is 0 Å². The summed E-state index contributed by atoms with van der Waals surface area (Å²) in [6, 6.07) is 18.1. The van der Waals surface area contributed by atoms with Gasteiger partial charge < -0.3 is 10.0 Å². The van der Waals surface area contributed by atoms with Gasteiger partial charge in [-0.2, -0.15) is 0 Å². The van der Waals surface area contributed by atoms with Crippen molar-refractivity contribution >= 4 is 31.0 Å². The van der Waals surface area contributed by atoms with Gasteiger partial charge >= 0.3 is 7.12 Å². The van der Waals surface area contributed by atoms with E-state index < -0.39 is 15.2 Å². The van der Waals surface area contributed by atoms with E-state index in [0.717, 1.165) is 0 Å². The van der Waals surface area contributed by atoms with Crippen LogP contribution in [0, 0.1) is 0 Å². The Labute approximate surface area is 109 Å². The van der Waals surface area contributed by atoms with Crippen molar-refractivity contribution in [1.82, 2.24) is 0 Å². The first kappa shape index (κ1) is 13.1. The maximum absolute atomic E-state index is 9.10. The predicted molar refractivity (Wildman–Crippen MR) is 79.5 cm³/mol. The van der Waals surface area contributed by atoms with Crippen LogP contribution in [0.25, 0.3) is 0 Å². The van der Waals surface area contributed by atoms with Crippen molar-refractivity contribution in [1.29, 1.82) is 0 Å². The molecule has 0 amide bonds. The van der Waals surface area contributed by atoms with Gasteiger partial charge in [0.15, 0.2) is 0 Å². The van der Waals surface area contributed by atoms with Crippen LogP contribution in [-0.4, -0.2) is 25.2 Å². The van der Waals surface area contributed by atoms with Gasteiger partial charge in [-0.05, 0) is 5.46 Å². The maximum Gasteiger partial charge on any atom is 0.488 e. The molecule has 0 aliphatic rings. The first-order chi connectivity index (χ1) is 8.51. The molecule has 0 fully saturated rings. The van der Waals surface area contributed by atoms with Gasteiger partial charge in [0, 0.05) is 0 Å². The normalized spacial score (nSPS) is 11.3. The average Bonchev–Trinajstić information content (AvgIpc) is 2.40. The Bertz CT molecular complexity index is 509. The second kappa shape index (κ2) is 5.10. The lowest BCUT2D eigenvalue weighted by Crippen LogP contribution is -2.53. The SMILES string of the molecule is C[Si](C)(c1ccccc1)c1ccc(B(O)O)cc1. The quantitative estimate of drug-likeness (QED) is 0.770. The van der Waals surface area contributed by atoms with Crippen LogP contribution in [0.15, 0.2) is 54.6 Å². The summed E-state index contributed by atoms with van der Waals surface area (Å²) in [5, 5.41) is 20.9. The zero-order valence-corrected chi connectivity index (χ0v) is 11.7. The molecule has 2 N–H and O–H groups in total. The third kappa shape index (κ3) is 2.56. The minimum atomic E-state index is -1.68. The van der Waals surface area contributed by atoms with E-state index in [2.05, 4.69) is 37.4 Å². The molecule has 0 spiro atoms. The van der Waals surface area contributed by atoms with E-state index in [4.69, 9.17) is 10.0 Å². The lowest BCUT2D eigenvalue weighted by Gasteiger charge is -2.23. The van der Waals surface area contributed by atoms with Crippen molar-refractivity contribution < 1.29 is 10.0 Å². The third-order valence-electron chi connectivity index (χ3n) is 3.43. The summed E-state index contributed by atoms with van der Waals surface area (Å²) < 4.78 is 0. The molecule has 2 aromatic carbocycles. The predicted octanol–water partition coefficient (Wildman–Crippen LogP) is 0.189. The van der Waals surface area contributed by atoms with Crippen molar-refractivity contribution in [2.24, 2.45) is 0 Å². The molecule has 0 aliphatic carbocycles. The Morgan fingerprint density at radius 2 is 1.28 bits per heavy atom. The number of benzene rings is 2. The molecule has 0 aromatic heterocycles. The fourth-order valence-electron chi connectivity index (χ4n) is 2.09. The topological polar surface area (TPSA) is 40.5 Å². The highest BCUT2D eigenvalue weighted by Crippen LogP contribution is 2.03. The summed E-state index contributed by atoms with van der Waals surface area (Å²) in [5.74, 6) is 0. The lowest BCUT2D eigenvalue weighted by molar-refractivity contribution is 0.426. The van der Waals surface area contributed by atoms with Crippen LogP contribution in [-0.2, 0) is 0 Å². The fourth-order valence-corrected chi connectivity index (χ4v) is 4.45. The van der Waals surface area contributed by atoms with Crippen LogP contribution in [0.1, 0.15) is 0 Å². The van der Waals surface area contributed by atoms with Gasteiger partial charge in [-0.3, -0.25) is 0 Å². The van der Waals surface area contributed by atoms with Crippen molar-refractivity contribution in [3.05, 3.63) is 54.6 Å². The molecule has 0 saturated heterocycles. The lowest BCUT2D eigenvalue weighted by atomic mass is 9.81. The molecule has 0 saturated carbocycles. The second-order valence-electron chi connectivity index (χ2n) is 4.99. The van der Waals surface area contributed by atoms with E-state index in [-0.39, 0.29) is 0 Å². The van der Waals surface area contributed by atoms with Gasteiger partial charge in [-0.1, -0.05) is 78.1 Å². The molecular weight excluding hydrogens is 239 g/mol. The maximum atomic E-state index is 9.10. The Kier molecular flexibility index (Phi) is 3.71. The van der Waals surface area contributed by atoms with Gasteiger partial charge in [0.05, 0.1) is 0 Å². The van der Waals surface area contributed by atoms with Gasteiger partial charge in [-0.15, -0.1) is 0 Å². The van der Waals surface area contributed by atoms with Crippen LogP contribution in [0.5, 0.6) is 0 Å². The molecule has 0 radical (unpaired) electrons. The average molecular weight is 256 g/mol. The smallest absolute Gasteiger partial charge is 0.423 e. The van der Waals surface area contributed by atoms with Gasteiger partial charge in [-0.25, -0.2) is 0 Å². The highest BCUT2D eigenvalue weighted by molar-refractivity contribution is 7.00. The number of rotatable bonds is 3. The minimum Gasteiger partial charge on any atom is -0.423 e. The van der Waals surface area contributed by atoms with E-state index >= 15 is 0 Å². The van der Waals surface area contributed by atoms with Gasteiger partial charge in [0.1, 0.15) is 8.07 Å². The first-order valence-electron chi connectivity index (χ1n) is 6.04. The van der Waals surface area contributed by atoms with Crippen molar-refractivity contribution in [2.45, 2.75) is 13.1 Å². The van der Waals surface area contributed by atoms with E-state index in [1.807, 2.05) is 18.2 Å². The third-order valence-corrected chi connectivity index (χ3v) is 6.98. The van der Waals surface area contributed by atoms with E-state index in [1.165, 1.54) is 10.4 Å². The molecule has 2 rings (SSSR count).